The van der Waals surface area contributed by atoms with Crippen LogP contribution in [0.2, 0.25) is 0 Å². The van der Waals surface area contributed by atoms with Crippen molar-refractivity contribution < 1.29 is 61.6 Å². The Balaban J connectivity index is 0.957. The second-order valence-electron chi connectivity index (χ2n) is 17.7. The number of rotatable bonds is 53. The van der Waals surface area contributed by atoms with E-state index in [2.05, 4.69) is 43.3 Å². The van der Waals surface area contributed by atoms with Crippen LogP contribution >= 0.6 is 0 Å². The lowest BCUT2D eigenvalue weighted by Gasteiger charge is -2.36. The van der Waals surface area contributed by atoms with E-state index in [1.54, 1.807) is 0 Å². The Labute approximate surface area is 434 Å². The minimum atomic E-state index is -0.757. The third-order valence-corrected chi connectivity index (χ3v) is 11.9. The van der Waals surface area contributed by atoms with Crippen molar-refractivity contribution in [3.8, 4) is 0 Å². The maximum atomic E-state index is 12.0. The minimum Gasteiger partial charge on any atom is -0.463 e. The Morgan fingerprint density at radius 2 is 0.542 bits per heavy atom. The molecule has 0 radical (unpaired) electrons. The molecule has 0 aliphatic carbocycles. The van der Waals surface area contributed by atoms with Gasteiger partial charge in [-0.2, -0.15) is 0 Å². The first-order chi connectivity index (χ1) is 35.8. The molecule has 0 spiro atoms. The molecule has 408 valence electrons. The third-order valence-electron chi connectivity index (χ3n) is 11.9. The average Bonchev–Trinajstić information content (AvgIpc) is 3.41. The van der Waals surface area contributed by atoms with E-state index in [4.69, 9.17) is 56.8 Å². The molecular weight excluding hydrogens is 917 g/mol. The minimum absolute atomic E-state index is 0.133. The molecule has 0 saturated heterocycles. The van der Waals surface area contributed by atoms with Crippen LogP contribution in [0, 0.1) is 0 Å². The zero-order valence-electron chi connectivity index (χ0n) is 44.3. The molecular formula is C59H94O13. The van der Waals surface area contributed by atoms with Crippen molar-refractivity contribution in [3.05, 3.63) is 108 Å². The Bertz CT molecular complexity index is 1490. The van der Waals surface area contributed by atoms with Gasteiger partial charge in [-0.15, -0.1) is 0 Å². The summed E-state index contributed by atoms with van der Waals surface area (Å²) < 4.78 is 68.0. The fourth-order valence-corrected chi connectivity index (χ4v) is 8.03. The quantitative estimate of drug-likeness (QED) is 0.0303. The molecule has 3 rings (SSSR count). The molecule has 0 aliphatic rings. The predicted octanol–water partition coefficient (Wildman–Crippen LogP) is 11.0. The van der Waals surface area contributed by atoms with Gasteiger partial charge in [-0.1, -0.05) is 188 Å². The second kappa shape index (κ2) is 47.4. The molecule has 3 aromatic rings. The van der Waals surface area contributed by atoms with Crippen LogP contribution in [-0.4, -0.2) is 151 Å². The lowest BCUT2D eigenvalue weighted by Crippen LogP contribution is -2.34. The summed E-state index contributed by atoms with van der Waals surface area (Å²) in [6.07, 6.45) is 20.2. The number of unbranched alkanes of at least 4 members (excludes halogenated alkanes) is 14. The van der Waals surface area contributed by atoms with Gasteiger partial charge in [0, 0.05) is 6.42 Å². The topological polar surface area (TPSA) is 128 Å². The van der Waals surface area contributed by atoms with Crippen molar-refractivity contribution in [3.63, 3.8) is 0 Å². The molecule has 0 bridgehead atoms. The predicted molar refractivity (Wildman–Crippen MR) is 284 cm³/mol. The Morgan fingerprint density at radius 3 is 0.819 bits per heavy atom. The Hall–Kier alpha value is -3.31. The first kappa shape index (κ1) is 63.0. The molecule has 0 N–H and O–H groups in total. The standard InChI is InChI=1S/C59H94O13/c1-2-3-4-5-6-7-8-9-10-11-12-13-14-15-25-32-58(60)71-53-51-69-49-47-67-45-43-65-41-39-63-37-35-61-33-34-62-36-38-64-40-42-66-44-46-68-48-50-70-52-54-72-59(55-26-19-16-20-27-55,56-28-21-17-22-29-56)57-30-23-18-24-31-57/h16-24,26-31H,2-15,25,32-54H2,1H3. The molecule has 0 unspecified atom stereocenters. The number of esters is 1. The highest BCUT2D eigenvalue weighted by atomic mass is 16.6. The molecule has 3 aromatic carbocycles. The van der Waals surface area contributed by atoms with Crippen LogP contribution in [-0.2, 0) is 67.2 Å². The summed E-state index contributed by atoms with van der Waals surface area (Å²) in [4.78, 5) is 12.0. The zero-order valence-corrected chi connectivity index (χ0v) is 44.3. The van der Waals surface area contributed by atoms with E-state index in [9.17, 15) is 4.79 Å². The molecule has 0 saturated carbocycles. The maximum absolute atomic E-state index is 12.0. The lowest BCUT2D eigenvalue weighted by atomic mass is 9.80. The summed E-state index contributed by atoms with van der Waals surface area (Å²) >= 11 is 0. The van der Waals surface area contributed by atoms with Gasteiger partial charge < -0.3 is 56.8 Å². The van der Waals surface area contributed by atoms with Crippen molar-refractivity contribution in [1.82, 2.24) is 0 Å². The zero-order chi connectivity index (χ0) is 50.8. The first-order valence-electron chi connectivity index (χ1n) is 27.5. The van der Waals surface area contributed by atoms with Gasteiger partial charge in [0.1, 0.15) is 12.2 Å². The molecule has 0 aromatic heterocycles. The third kappa shape index (κ3) is 32.8. The highest BCUT2D eigenvalue weighted by Gasteiger charge is 2.37. The lowest BCUT2D eigenvalue weighted by molar-refractivity contribution is -0.145. The van der Waals surface area contributed by atoms with E-state index in [1.165, 1.54) is 83.5 Å². The summed E-state index contributed by atoms with van der Waals surface area (Å²) in [6.45, 7) is 12.5. The normalized spacial score (nSPS) is 11.7. The van der Waals surface area contributed by atoms with E-state index in [1.807, 2.05) is 54.6 Å². The van der Waals surface area contributed by atoms with Crippen molar-refractivity contribution in [2.75, 3.05) is 145 Å². The second-order valence-corrected chi connectivity index (χ2v) is 17.7. The van der Waals surface area contributed by atoms with Crippen LogP contribution in [0.4, 0.5) is 0 Å². The van der Waals surface area contributed by atoms with E-state index < -0.39 is 5.60 Å². The Kier molecular flexibility index (Phi) is 41.5. The molecule has 0 fully saturated rings. The molecule has 72 heavy (non-hydrogen) atoms. The van der Waals surface area contributed by atoms with Crippen LogP contribution in [0.15, 0.2) is 91.0 Å². The van der Waals surface area contributed by atoms with Gasteiger partial charge in [-0.3, -0.25) is 4.79 Å². The summed E-state index contributed by atoms with van der Waals surface area (Å²) in [5.74, 6) is -0.133. The summed E-state index contributed by atoms with van der Waals surface area (Å²) in [6, 6.07) is 31.0. The highest BCUT2D eigenvalue weighted by Crippen LogP contribution is 2.40. The smallest absolute Gasteiger partial charge is 0.305 e. The number of carbonyl (C=O) groups excluding carboxylic acids is 1. The average molecular weight is 1010 g/mol. The van der Waals surface area contributed by atoms with Crippen molar-refractivity contribution in [2.24, 2.45) is 0 Å². The van der Waals surface area contributed by atoms with Crippen molar-refractivity contribution in [2.45, 2.75) is 115 Å². The molecule has 0 aliphatic heterocycles. The summed E-state index contributed by atoms with van der Waals surface area (Å²) in [5.41, 5.74) is 2.44. The molecule has 0 atom stereocenters. The highest BCUT2D eigenvalue weighted by molar-refractivity contribution is 5.69. The van der Waals surface area contributed by atoms with Crippen LogP contribution in [0.5, 0.6) is 0 Å². The number of carbonyl (C=O) groups is 1. The van der Waals surface area contributed by atoms with Crippen LogP contribution in [0.25, 0.3) is 0 Å². The summed E-state index contributed by atoms with van der Waals surface area (Å²) in [5, 5.41) is 0. The van der Waals surface area contributed by atoms with Crippen LogP contribution < -0.4 is 0 Å². The largest absolute Gasteiger partial charge is 0.463 e. The van der Waals surface area contributed by atoms with Gasteiger partial charge >= 0.3 is 5.97 Å². The van der Waals surface area contributed by atoms with E-state index >= 15 is 0 Å². The number of ether oxygens (including phenoxy) is 12. The van der Waals surface area contributed by atoms with Gasteiger partial charge in [0.05, 0.1) is 139 Å². The Morgan fingerprint density at radius 1 is 0.306 bits per heavy atom. The SMILES string of the molecule is CCCCCCCCCCCCCCCCCC(=O)OCCOCCOCCOCCOCCOCCOCCOCCOCCOCCOCCOC(c1ccccc1)(c1ccccc1)c1ccccc1. The molecule has 13 nitrogen and oxygen atoms in total. The molecule has 0 amide bonds. The van der Waals surface area contributed by atoms with Crippen molar-refractivity contribution >= 4 is 5.97 Å². The molecule has 13 heteroatoms. The monoisotopic (exact) mass is 1010 g/mol. The summed E-state index contributed by atoms with van der Waals surface area (Å²) in [7, 11) is 0. The number of hydrogen-bond acceptors (Lipinski definition) is 13. The van der Waals surface area contributed by atoms with E-state index in [0.717, 1.165) is 29.5 Å². The number of hydrogen-bond donors (Lipinski definition) is 0. The number of benzene rings is 3. The fraction of sp³-hybridized carbons (Fsp3) is 0.678. The van der Waals surface area contributed by atoms with E-state index in [-0.39, 0.29) is 12.6 Å². The van der Waals surface area contributed by atoms with Gasteiger partial charge in [-0.05, 0) is 23.1 Å². The van der Waals surface area contributed by atoms with Gasteiger partial charge in [0.15, 0.2) is 0 Å². The van der Waals surface area contributed by atoms with Gasteiger partial charge in [0.2, 0.25) is 0 Å². The van der Waals surface area contributed by atoms with Gasteiger partial charge in [-0.25, -0.2) is 0 Å². The molecule has 0 heterocycles. The van der Waals surface area contributed by atoms with Crippen molar-refractivity contribution in [1.29, 1.82) is 0 Å². The van der Waals surface area contributed by atoms with E-state index in [0.29, 0.717) is 145 Å². The first-order valence-corrected chi connectivity index (χ1v) is 27.5. The van der Waals surface area contributed by atoms with Crippen LogP contribution in [0.1, 0.15) is 126 Å². The fourth-order valence-electron chi connectivity index (χ4n) is 8.03. The maximum Gasteiger partial charge on any atom is 0.305 e. The van der Waals surface area contributed by atoms with Gasteiger partial charge in [0.25, 0.3) is 0 Å². The van der Waals surface area contributed by atoms with Crippen LogP contribution in [0.3, 0.4) is 0 Å².